The van der Waals surface area contributed by atoms with E-state index < -0.39 is 10.0 Å². The van der Waals surface area contributed by atoms with Gasteiger partial charge in [0.05, 0.1) is 11.4 Å². The highest BCUT2D eigenvalue weighted by Crippen LogP contribution is 2.35. The van der Waals surface area contributed by atoms with E-state index in [1.165, 1.54) is 11.8 Å². The van der Waals surface area contributed by atoms with E-state index in [0.717, 1.165) is 17.2 Å². The van der Waals surface area contributed by atoms with Crippen molar-refractivity contribution in [3.63, 3.8) is 0 Å². The molecule has 90 valence electrons. The molecule has 0 N–H and O–H groups in total. The third kappa shape index (κ3) is 1.89. The van der Waals surface area contributed by atoms with Crippen molar-refractivity contribution < 1.29 is 12.8 Å². The number of sulfonamides is 1. The first-order chi connectivity index (χ1) is 8.05. The molecule has 2 aliphatic rings. The number of nitrogens with zero attached hydrogens (tertiary/aromatic N) is 2. The maximum Gasteiger partial charge on any atom is 0.257 e. The minimum Gasteiger partial charge on any atom is -0.460 e. The minimum atomic E-state index is -3.28. The maximum atomic E-state index is 11.4. The molecule has 5 nitrogen and oxygen atoms in total. The predicted molar refractivity (Wildman–Crippen MR) is 66.9 cm³/mol. The molecule has 7 heteroatoms. The van der Waals surface area contributed by atoms with Gasteiger partial charge >= 0.3 is 0 Å². The fraction of sp³-hybridized carbons (Fsp3) is 0.300. The van der Waals surface area contributed by atoms with E-state index in [0.29, 0.717) is 11.7 Å². The van der Waals surface area contributed by atoms with Crippen molar-refractivity contribution in [3.8, 4) is 0 Å². The van der Waals surface area contributed by atoms with E-state index in [9.17, 15) is 8.42 Å². The van der Waals surface area contributed by atoms with Crippen molar-refractivity contribution in [3.05, 3.63) is 29.1 Å². The highest BCUT2D eigenvalue weighted by molar-refractivity contribution is 8.17. The Morgan fingerprint density at radius 2 is 2.29 bits per heavy atom. The SMILES string of the molecule is Cc1ccc(C2=CSC3=NS(=O)(=O)CCN23)o1. The monoisotopic (exact) mass is 270 g/mol. The zero-order chi connectivity index (χ0) is 12.0. The number of hydrogen-bond donors (Lipinski definition) is 0. The molecule has 2 aliphatic heterocycles. The first-order valence-corrected chi connectivity index (χ1v) is 7.58. The van der Waals surface area contributed by atoms with Crippen molar-refractivity contribution in [1.29, 1.82) is 0 Å². The Morgan fingerprint density at radius 1 is 1.47 bits per heavy atom. The summed E-state index contributed by atoms with van der Waals surface area (Å²) in [5.74, 6) is 1.63. The molecule has 0 atom stereocenters. The molecule has 0 saturated carbocycles. The average Bonchev–Trinajstić information content (AvgIpc) is 2.82. The lowest BCUT2D eigenvalue weighted by Crippen LogP contribution is -2.34. The quantitative estimate of drug-likeness (QED) is 0.776. The summed E-state index contributed by atoms with van der Waals surface area (Å²) in [5.41, 5.74) is 0.886. The van der Waals surface area contributed by atoms with E-state index in [1.807, 2.05) is 29.4 Å². The minimum absolute atomic E-state index is 0.0497. The summed E-state index contributed by atoms with van der Waals surface area (Å²) < 4.78 is 32.0. The largest absolute Gasteiger partial charge is 0.460 e. The van der Waals surface area contributed by atoms with Gasteiger partial charge in [0.2, 0.25) is 0 Å². The first-order valence-electron chi connectivity index (χ1n) is 5.09. The predicted octanol–water partition coefficient (Wildman–Crippen LogP) is 1.63. The standard InChI is InChI=1S/C10H10N2O3S2/c1-7-2-3-9(15-7)8-6-16-10-11-17(13,14)5-4-12(8)10/h2-3,6H,4-5H2,1H3. The molecule has 3 heterocycles. The normalized spacial score (nSPS) is 22.1. The molecule has 0 spiro atoms. The van der Waals surface area contributed by atoms with Crippen LogP contribution in [0.15, 0.2) is 26.4 Å². The Hall–Kier alpha value is -1.21. The molecule has 0 fully saturated rings. The fourth-order valence-electron chi connectivity index (χ4n) is 1.76. The Morgan fingerprint density at radius 3 is 3.00 bits per heavy atom. The Labute approximate surface area is 103 Å². The van der Waals surface area contributed by atoms with Gasteiger partial charge in [-0.05, 0) is 19.1 Å². The Bertz CT molecular complexity index is 628. The number of furan rings is 1. The molecule has 0 unspecified atom stereocenters. The van der Waals surface area contributed by atoms with Gasteiger partial charge in [0.15, 0.2) is 10.9 Å². The van der Waals surface area contributed by atoms with Crippen LogP contribution in [0.5, 0.6) is 0 Å². The van der Waals surface area contributed by atoms with E-state index in [-0.39, 0.29) is 5.75 Å². The van der Waals surface area contributed by atoms with Crippen molar-refractivity contribution in [1.82, 2.24) is 4.90 Å². The summed E-state index contributed by atoms with van der Waals surface area (Å²) in [4.78, 5) is 1.88. The van der Waals surface area contributed by atoms with Crippen molar-refractivity contribution in [2.75, 3.05) is 12.3 Å². The highest BCUT2D eigenvalue weighted by Gasteiger charge is 2.32. The van der Waals surface area contributed by atoms with Crippen LogP contribution in [-0.4, -0.2) is 30.8 Å². The zero-order valence-corrected chi connectivity index (χ0v) is 10.7. The van der Waals surface area contributed by atoms with Gasteiger partial charge in [0.25, 0.3) is 10.0 Å². The maximum absolute atomic E-state index is 11.4. The molecule has 0 radical (unpaired) electrons. The zero-order valence-electron chi connectivity index (χ0n) is 9.08. The average molecular weight is 270 g/mol. The second-order valence-corrected chi connectivity index (χ2v) is 6.43. The smallest absolute Gasteiger partial charge is 0.257 e. The molecule has 0 aliphatic carbocycles. The molecule has 0 saturated heterocycles. The van der Waals surface area contributed by atoms with Gasteiger partial charge < -0.3 is 9.32 Å². The number of thioether (sulfide) groups is 1. The van der Waals surface area contributed by atoms with Crippen LogP contribution in [0.25, 0.3) is 5.70 Å². The molecular weight excluding hydrogens is 260 g/mol. The lowest BCUT2D eigenvalue weighted by molar-refractivity contribution is 0.495. The van der Waals surface area contributed by atoms with Crippen molar-refractivity contribution >= 4 is 32.6 Å². The van der Waals surface area contributed by atoms with Gasteiger partial charge in [0.1, 0.15) is 5.76 Å². The highest BCUT2D eigenvalue weighted by atomic mass is 32.2. The molecule has 3 rings (SSSR count). The van der Waals surface area contributed by atoms with Crippen LogP contribution in [0.1, 0.15) is 11.5 Å². The molecule has 1 aromatic heterocycles. The van der Waals surface area contributed by atoms with Crippen LogP contribution in [0.4, 0.5) is 0 Å². The third-order valence-corrected chi connectivity index (χ3v) is 4.71. The topological polar surface area (TPSA) is 62.9 Å². The lowest BCUT2D eigenvalue weighted by Gasteiger charge is -2.23. The van der Waals surface area contributed by atoms with Crippen LogP contribution in [0.3, 0.4) is 0 Å². The molecule has 17 heavy (non-hydrogen) atoms. The van der Waals surface area contributed by atoms with Crippen LogP contribution in [0.2, 0.25) is 0 Å². The molecular formula is C10H10N2O3S2. The van der Waals surface area contributed by atoms with Crippen LogP contribution in [0, 0.1) is 6.92 Å². The van der Waals surface area contributed by atoms with Crippen LogP contribution >= 0.6 is 11.8 Å². The van der Waals surface area contributed by atoms with Gasteiger partial charge in [-0.3, -0.25) is 0 Å². The number of rotatable bonds is 1. The first kappa shape index (κ1) is 10.9. The Kier molecular flexibility index (Phi) is 2.34. The van der Waals surface area contributed by atoms with Gasteiger partial charge in [-0.25, -0.2) is 8.42 Å². The van der Waals surface area contributed by atoms with Gasteiger partial charge in [-0.2, -0.15) is 0 Å². The van der Waals surface area contributed by atoms with E-state index in [2.05, 4.69) is 4.40 Å². The summed E-state index contributed by atoms with van der Waals surface area (Å²) in [6.45, 7) is 2.31. The van der Waals surface area contributed by atoms with E-state index in [1.54, 1.807) is 0 Å². The summed E-state index contributed by atoms with van der Waals surface area (Å²) in [5, 5.41) is 2.39. The second-order valence-electron chi connectivity index (χ2n) is 3.84. The molecule has 0 aromatic carbocycles. The third-order valence-electron chi connectivity index (χ3n) is 2.58. The Balaban J connectivity index is 1.97. The second kappa shape index (κ2) is 3.64. The molecule has 1 aromatic rings. The van der Waals surface area contributed by atoms with Gasteiger partial charge in [-0.15, -0.1) is 4.40 Å². The van der Waals surface area contributed by atoms with Gasteiger partial charge in [-0.1, -0.05) is 11.8 Å². The summed E-state index contributed by atoms with van der Waals surface area (Å²) >= 11 is 1.32. The van der Waals surface area contributed by atoms with Crippen molar-refractivity contribution in [2.45, 2.75) is 6.92 Å². The number of hydrogen-bond acceptors (Lipinski definition) is 5. The van der Waals surface area contributed by atoms with Crippen LogP contribution in [-0.2, 0) is 10.0 Å². The fourth-order valence-corrected chi connectivity index (χ4v) is 3.89. The van der Waals surface area contributed by atoms with Gasteiger partial charge in [0, 0.05) is 12.0 Å². The van der Waals surface area contributed by atoms with E-state index >= 15 is 0 Å². The van der Waals surface area contributed by atoms with E-state index in [4.69, 9.17) is 4.42 Å². The number of aryl methyl sites for hydroxylation is 1. The summed E-state index contributed by atoms with van der Waals surface area (Å²) in [7, 11) is -3.28. The molecule has 0 amide bonds. The van der Waals surface area contributed by atoms with Crippen LogP contribution < -0.4 is 0 Å². The lowest BCUT2D eigenvalue weighted by atomic mass is 10.3. The molecule has 0 bridgehead atoms. The summed E-state index contributed by atoms with van der Waals surface area (Å²) in [6.07, 6.45) is 0. The summed E-state index contributed by atoms with van der Waals surface area (Å²) in [6, 6.07) is 3.77. The van der Waals surface area contributed by atoms with Crippen molar-refractivity contribution in [2.24, 2.45) is 4.40 Å². The number of fused-ring (bicyclic) bond motifs is 1. The number of amidine groups is 1.